The molecule has 20 heavy (non-hydrogen) atoms. The van der Waals surface area contributed by atoms with Gasteiger partial charge in [0.05, 0.1) is 13.0 Å². The molecule has 0 aliphatic carbocycles. The molecule has 1 atom stereocenters. The topological polar surface area (TPSA) is 46.6 Å². The average Bonchev–Trinajstić information content (AvgIpc) is 2.40. The van der Waals surface area contributed by atoms with Gasteiger partial charge in [-0.3, -0.25) is 9.59 Å². The van der Waals surface area contributed by atoms with Gasteiger partial charge < -0.3 is 9.64 Å². The number of carbonyl (C=O) groups excluding carboxylic acids is 2. The largest absolute Gasteiger partial charge is 0.468 e. The third-order valence-corrected chi connectivity index (χ3v) is 3.38. The fourth-order valence-corrected chi connectivity index (χ4v) is 2.18. The van der Waals surface area contributed by atoms with E-state index in [1.165, 1.54) is 12.0 Å². The maximum absolute atomic E-state index is 12.5. The van der Waals surface area contributed by atoms with Gasteiger partial charge in [0, 0.05) is 12.1 Å². The van der Waals surface area contributed by atoms with Crippen molar-refractivity contribution >= 4 is 23.5 Å². The molecule has 1 unspecified atom stereocenters. The zero-order valence-electron chi connectivity index (χ0n) is 12.2. The Hall–Kier alpha value is -1.55. The number of ether oxygens (including phenoxy) is 1. The van der Waals surface area contributed by atoms with Crippen molar-refractivity contribution in [3.05, 3.63) is 34.9 Å². The molecule has 1 rings (SSSR count). The van der Waals surface area contributed by atoms with Crippen LogP contribution >= 0.6 is 11.6 Å². The number of rotatable bonds is 5. The van der Waals surface area contributed by atoms with E-state index in [1.54, 1.807) is 19.2 Å². The Morgan fingerprint density at radius 2 is 1.80 bits per heavy atom. The van der Waals surface area contributed by atoms with Crippen molar-refractivity contribution in [2.75, 3.05) is 20.7 Å². The van der Waals surface area contributed by atoms with Crippen molar-refractivity contribution in [2.45, 2.75) is 19.8 Å². The van der Waals surface area contributed by atoms with E-state index in [0.717, 1.165) is 5.56 Å². The fraction of sp³-hybridized carbons (Fsp3) is 0.467. The van der Waals surface area contributed by atoms with Crippen LogP contribution in [-0.4, -0.2) is 37.5 Å². The number of carbonyl (C=O) groups is 2. The fourth-order valence-electron chi connectivity index (χ4n) is 2.06. The highest BCUT2D eigenvalue weighted by Crippen LogP contribution is 2.27. The van der Waals surface area contributed by atoms with E-state index in [9.17, 15) is 9.59 Å². The smallest absolute Gasteiger partial charge is 0.325 e. The summed E-state index contributed by atoms with van der Waals surface area (Å²) in [5.41, 5.74) is 0.895. The van der Waals surface area contributed by atoms with Crippen LogP contribution in [0.15, 0.2) is 24.3 Å². The van der Waals surface area contributed by atoms with Crippen molar-refractivity contribution in [1.82, 2.24) is 4.90 Å². The minimum atomic E-state index is -0.431. The Morgan fingerprint density at radius 1 is 1.25 bits per heavy atom. The molecule has 110 valence electrons. The highest BCUT2D eigenvalue weighted by atomic mass is 35.5. The van der Waals surface area contributed by atoms with E-state index >= 15 is 0 Å². The third-order valence-electron chi connectivity index (χ3n) is 3.13. The molecule has 1 aromatic carbocycles. The van der Waals surface area contributed by atoms with Crippen molar-refractivity contribution in [3.63, 3.8) is 0 Å². The zero-order valence-corrected chi connectivity index (χ0v) is 13.0. The molecule has 0 fully saturated rings. The van der Waals surface area contributed by atoms with E-state index < -0.39 is 5.97 Å². The molecule has 0 radical (unpaired) electrons. The Bertz CT molecular complexity index is 471. The molecule has 1 amide bonds. The van der Waals surface area contributed by atoms with Crippen LogP contribution in [0.4, 0.5) is 0 Å². The molecule has 4 nitrogen and oxygen atoms in total. The van der Waals surface area contributed by atoms with Gasteiger partial charge in [0.1, 0.15) is 6.54 Å². The number of methoxy groups -OCH3 is 1. The second-order valence-electron chi connectivity index (χ2n) is 5.04. The minimum absolute atomic E-state index is 0.0495. The number of esters is 1. The van der Waals surface area contributed by atoms with Gasteiger partial charge >= 0.3 is 5.97 Å². The molecule has 1 aromatic rings. The molecular formula is C15H20ClNO3. The molecule has 0 aromatic heterocycles. The summed E-state index contributed by atoms with van der Waals surface area (Å²) in [6, 6.07) is 7.22. The molecular weight excluding hydrogens is 278 g/mol. The van der Waals surface area contributed by atoms with Crippen LogP contribution in [-0.2, 0) is 14.3 Å². The van der Waals surface area contributed by atoms with Gasteiger partial charge in [-0.1, -0.05) is 37.6 Å². The van der Waals surface area contributed by atoms with Crippen LogP contribution in [0.1, 0.15) is 25.3 Å². The molecule has 5 heteroatoms. The highest BCUT2D eigenvalue weighted by Gasteiger charge is 2.27. The van der Waals surface area contributed by atoms with E-state index in [-0.39, 0.29) is 24.3 Å². The van der Waals surface area contributed by atoms with Crippen LogP contribution in [0.3, 0.4) is 0 Å². The Labute approximate surface area is 124 Å². The van der Waals surface area contributed by atoms with Gasteiger partial charge in [0.25, 0.3) is 0 Å². The molecule has 0 spiro atoms. The first-order valence-corrected chi connectivity index (χ1v) is 6.81. The summed E-state index contributed by atoms with van der Waals surface area (Å²) in [5, 5.41) is 0.631. The normalized spacial score (nSPS) is 12.1. The van der Waals surface area contributed by atoms with E-state index in [4.69, 9.17) is 11.6 Å². The number of hydrogen-bond donors (Lipinski definition) is 0. The highest BCUT2D eigenvalue weighted by molar-refractivity contribution is 6.30. The van der Waals surface area contributed by atoms with Crippen molar-refractivity contribution in [3.8, 4) is 0 Å². The Kier molecular flexibility index (Phi) is 6.02. The number of halogens is 1. The number of benzene rings is 1. The van der Waals surface area contributed by atoms with Gasteiger partial charge in [-0.2, -0.15) is 0 Å². The number of hydrogen-bond acceptors (Lipinski definition) is 3. The first-order chi connectivity index (χ1) is 9.36. The molecule has 0 heterocycles. The minimum Gasteiger partial charge on any atom is -0.468 e. The summed E-state index contributed by atoms with van der Waals surface area (Å²) in [6.45, 7) is 3.90. The predicted molar refractivity (Wildman–Crippen MR) is 78.7 cm³/mol. The molecule has 0 saturated carbocycles. The lowest BCUT2D eigenvalue weighted by Crippen LogP contribution is -2.37. The predicted octanol–water partition coefficient (Wildman–Crippen LogP) is 2.71. The summed E-state index contributed by atoms with van der Waals surface area (Å²) in [6.07, 6.45) is 0. The van der Waals surface area contributed by atoms with Crippen LogP contribution in [0.5, 0.6) is 0 Å². The van der Waals surface area contributed by atoms with Crippen LogP contribution in [0.2, 0.25) is 5.02 Å². The van der Waals surface area contributed by atoms with Crippen molar-refractivity contribution < 1.29 is 14.3 Å². The maximum Gasteiger partial charge on any atom is 0.325 e. The van der Waals surface area contributed by atoms with Crippen LogP contribution in [0, 0.1) is 5.92 Å². The SMILES string of the molecule is COC(=O)CN(C)C(=O)C(c1ccc(Cl)cc1)C(C)C. The van der Waals surface area contributed by atoms with E-state index in [2.05, 4.69) is 4.74 Å². The molecule has 0 bridgehead atoms. The molecule has 0 aliphatic rings. The summed E-state index contributed by atoms with van der Waals surface area (Å²) in [7, 11) is 2.91. The quantitative estimate of drug-likeness (QED) is 0.785. The average molecular weight is 298 g/mol. The first kappa shape index (κ1) is 16.5. The van der Waals surface area contributed by atoms with E-state index in [1.807, 2.05) is 26.0 Å². The van der Waals surface area contributed by atoms with E-state index in [0.29, 0.717) is 5.02 Å². The maximum atomic E-state index is 12.5. The van der Waals surface area contributed by atoms with Crippen molar-refractivity contribution in [2.24, 2.45) is 5.92 Å². The standard InChI is InChI=1S/C15H20ClNO3/c1-10(2)14(11-5-7-12(16)8-6-11)15(19)17(3)9-13(18)20-4/h5-8,10,14H,9H2,1-4H3. The van der Waals surface area contributed by atoms with Gasteiger partial charge in [-0.15, -0.1) is 0 Å². The van der Waals surface area contributed by atoms with Gasteiger partial charge in [0.15, 0.2) is 0 Å². The number of amides is 1. The van der Waals surface area contributed by atoms with Gasteiger partial charge in [-0.25, -0.2) is 0 Å². The van der Waals surface area contributed by atoms with Crippen LogP contribution < -0.4 is 0 Å². The monoisotopic (exact) mass is 297 g/mol. The Morgan fingerprint density at radius 3 is 2.25 bits per heavy atom. The zero-order chi connectivity index (χ0) is 15.3. The third kappa shape index (κ3) is 4.23. The molecule has 0 N–H and O–H groups in total. The number of nitrogens with zero attached hydrogens (tertiary/aromatic N) is 1. The number of likely N-dealkylation sites (N-methyl/N-ethyl adjacent to an activating group) is 1. The van der Waals surface area contributed by atoms with Gasteiger partial charge in [-0.05, 0) is 23.6 Å². The summed E-state index contributed by atoms with van der Waals surface area (Å²) in [4.78, 5) is 25.2. The Balaban J connectivity index is 2.93. The summed E-state index contributed by atoms with van der Waals surface area (Å²) < 4.78 is 4.58. The lowest BCUT2D eigenvalue weighted by molar-refractivity contribution is -0.146. The summed E-state index contributed by atoms with van der Waals surface area (Å²) in [5.74, 6) is -0.724. The molecule has 0 saturated heterocycles. The van der Waals surface area contributed by atoms with Crippen molar-refractivity contribution in [1.29, 1.82) is 0 Å². The lowest BCUT2D eigenvalue weighted by atomic mass is 9.87. The molecule has 0 aliphatic heterocycles. The van der Waals surface area contributed by atoms with Crippen LogP contribution in [0.25, 0.3) is 0 Å². The first-order valence-electron chi connectivity index (χ1n) is 6.44. The van der Waals surface area contributed by atoms with Gasteiger partial charge in [0.2, 0.25) is 5.91 Å². The summed E-state index contributed by atoms with van der Waals surface area (Å²) >= 11 is 5.87. The second kappa shape index (κ2) is 7.29. The lowest BCUT2D eigenvalue weighted by Gasteiger charge is -2.26. The second-order valence-corrected chi connectivity index (χ2v) is 5.48.